The van der Waals surface area contributed by atoms with Gasteiger partial charge in [0.2, 0.25) is 0 Å². The molecule has 0 spiro atoms. The number of aromatic nitrogens is 2. The molecule has 0 N–H and O–H groups in total. The molecule has 3 heteroatoms. The molecule has 1 unspecified atom stereocenters. The Kier molecular flexibility index (Phi) is 6.26. The molecular weight excluding hydrogens is 236 g/mol. The Morgan fingerprint density at radius 3 is 2.47 bits per heavy atom. The molecule has 0 saturated carbocycles. The third-order valence-electron chi connectivity index (χ3n) is 4.09. The molecule has 0 fully saturated rings. The lowest BCUT2D eigenvalue weighted by Gasteiger charge is -2.13. The predicted molar refractivity (Wildman–Crippen MR) is 79.3 cm³/mol. The number of carbonyl (C=O) groups excluding carboxylic acids is 1. The highest BCUT2D eigenvalue weighted by Gasteiger charge is 2.16. The van der Waals surface area contributed by atoms with Crippen LogP contribution in [0.3, 0.4) is 0 Å². The first-order valence-electron chi connectivity index (χ1n) is 7.50. The molecule has 0 amide bonds. The van der Waals surface area contributed by atoms with Crippen LogP contribution in [0.15, 0.2) is 0 Å². The van der Waals surface area contributed by atoms with Gasteiger partial charge in [-0.2, -0.15) is 5.10 Å². The minimum absolute atomic E-state index is 0.363. The minimum Gasteiger partial charge on any atom is -0.299 e. The molecule has 0 aromatic carbocycles. The third-order valence-corrected chi connectivity index (χ3v) is 4.09. The Balaban J connectivity index is 2.59. The molecule has 19 heavy (non-hydrogen) atoms. The van der Waals surface area contributed by atoms with Crippen LogP contribution in [-0.4, -0.2) is 15.6 Å². The van der Waals surface area contributed by atoms with Gasteiger partial charge in [-0.3, -0.25) is 9.48 Å². The average molecular weight is 264 g/mol. The van der Waals surface area contributed by atoms with E-state index >= 15 is 0 Å². The summed E-state index contributed by atoms with van der Waals surface area (Å²) in [7, 11) is 1.94. The summed E-state index contributed by atoms with van der Waals surface area (Å²) in [5, 5.41) is 4.38. The summed E-state index contributed by atoms with van der Waals surface area (Å²) in [6.07, 6.45) is 6.02. The van der Waals surface area contributed by atoms with Crippen molar-refractivity contribution in [3.8, 4) is 0 Å². The fourth-order valence-electron chi connectivity index (χ4n) is 2.61. The molecule has 1 aromatic rings. The first kappa shape index (κ1) is 15.9. The van der Waals surface area contributed by atoms with Gasteiger partial charge in [0.25, 0.3) is 0 Å². The molecule has 1 heterocycles. The van der Waals surface area contributed by atoms with Crippen molar-refractivity contribution in [1.29, 1.82) is 0 Å². The Morgan fingerprint density at radius 2 is 2.00 bits per heavy atom. The van der Waals surface area contributed by atoms with E-state index in [1.54, 1.807) is 0 Å². The van der Waals surface area contributed by atoms with Crippen LogP contribution in [0.2, 0.25) is 0 Å². The van der Waals surface area contributed by atoms with Crippen molar-refractivity contribution in [2.75, 3.05) is 0 Å². The van der Waals surface area contributed by atoms with Crippen molar-refractivity contribution < 1.29 is 4.79 Å². The number of aryl methyl sites for hydroxylation is 2. The van der Waals surface area contributed by atoms with Gasteiger partial charge in [0, 0.05) is 31.1 Å². The fraction of sp³-hybridized carbons (Fsp3) is 0.750. The number of hydrogen-bond acceptors (Lipinski definition) is 2. The Labute approximate surface area is 117 Å². The summed E-state index contributed by atoms with van der Waals surface area (Å²) in [6.45, 7) is 8.42. The van der Waals surface area contributed by atoms with Gasteiger partial charge in [0.05, 0.1) is 5.69 Å². The van der Waals surface area contributed by atoms with Crippen molar-refractivity contribution in [3.63, 3.8) is 0 Å². The minimum atomic E-state index is 0.363. The van der Waals surface area contributed by atoms with Crippen molar-refractivity contribution in [2.45, 2.75) is 66.2 Å². The lowest BCUT2D eigenvalue weighted by molar-refractivity contribution is -0.119. The normalized spacial score (nSPS) is 12.7. The zero-order valence-corrected chi connectivity index (χ0v) is 13.1. The van der Waals surface area contributed by atoms with E-state index < -0.39 is 0 Å². The van der Waals surface area contributed by atoms with E-state index in [0.29, 0.717) is 18.1 Å². The Morgan fingerprint density at radius 1 is 1.32 bits per heavy atom. The molecule has 0 aliphatic carbocycles. The largest absolute Gasteiger partial charge is 0.299 e. The molecule has 1 aromatic heterocycles. The monoisotopic (exact) mass is 264 g/mol. The number of Topliss-reactive ketones (excluding diaryl/α,β-unsaturated/α-hetero) is 1. The van der Waals surface area contributed by atoms with Crippen molar-refractivity contribution in [2.24, 2.45) is 13.0 Å². The first-order valence-corrected chi connectivity index (χ1v) is 7.50. The molecule has 0 aliphatic rings. The van der Waals surface area contributed by atoms with Gasteiger partial charge in [-0.1, -0.05) is 39.5 Å². The van der Waals surface area contributed by atoms with E-state index in [9.17, 15) is 4.79 Å². The summed E-state index contributed by atoms with van der Waals surface area (Å²) in [4.78, 5) is 12.2. The first-order chi connectivity index (χ1) is 8.99. The van der Waals surface area contributed by atoms with Crippen LogP contribution in [0.5, 0.6) is 0 Å². The van der Waals surface area contributed by atoms with Gasteiger partial charge in [-0.15, -0.1) is 0 Å². The van der Waals surface area contributed by atoms with Gasteiger partial charge in [0.1, 0.15) is 5.78 Å². The van der Waals surface area contributed by atoms with Crippen molar-refractivity contribution >= 4 is 5.78 Å². The van der Waals surface area contributed by atoms with Gasteiger partial charge in [-0.05, 0) is 19.8 Å². The molecule has 0 bridgehead atoms. The molecule has 1 rings (SSSR count). The van der Waals surface area contributed by atoms with Crippen LogP contribution in [-0.2, 0) is 18.3 Å². The maximum Gasteiger partial charge on any atom is 0.137 e. The van der Waals surface area contributed by atoms with Crippen LogP contribution in [0.1, 0.15) is 62.9 Å². The summed E-state index contributed by atoms with van der Waals surface area (Å²) in [5.74, 6) is 0.923. The Bertz CT molecular complexity index is 421. The number of rotatable bonds is 8. The molecule has 3 nitrogen and oxygen atoms in total. The smallest absolute Gasteiger partial charge is 0.137 e. The molecule has 0 saturated heterocycles. The Hall–Kier alpha value is -1.12. The highest BCUT2D eigenvalue weighted by atomic mass is 16.1. The summed E-state index contributed by atoms with van der Waals surface area (Å²) in [5.41, 5.74) is 3.24. The van der Waals surface area contributed by atoms with Crippen molar-refractivity contribution in [3.05, 3.63) is 17.0 Å². The van der Waals surface area contributed by atoms with E-state index in [1.807, 2.05) is 25.6 Å². The lowest BCUT2D eigenvalue weighted by atomic mass is 9.91. The topological polar surface area (TPSA) is 34.9 Å². The maximum atomic E-state index is 12.2. The van der Waals surface area contributed by atoms with Gasteiger partial charge >= 0.3 is 0 Å². The van der Waals surface area contributed by atoms with E-state index in [2.05, 4.69) is 18.9 Å². The van der Waals surface area contributed by atoms with Crippen LogP contribution in [0, 0.1) is 19.8 Å². The zero-order valence-electron chi connectivity index (χ0n) is 13.1. The number of ketones is 1. The van der Waals surface area contributed by atoms with Crippen LogP contribution < -0.4 is 0 Å². The fourth-order valence-corrected chi connectivity index (χ4v) is 2.61. The summed E-state index contributed by atoms with van der Waals surface area (Å²) >= 11 is 0. The van der Waals surface area contributed by atoms with E-state index in [4.69, 9.17) is 0 Å². The molecule has 108 valence electrons. The van der Waals surface area contributed by atoms with Gasteiger partial charge < -0.3 is 0 Å². The van der Waals surface area contributed by atoms with E-state index in [-0.39, 0.29) is 0 Å². The van der Waals surface area contributed by atoms with E-state index in [0.717, 1.165) is 29.8 Å². The number of carbonyl (C=O) groups is 1. The van der Waals surface area contributed by atoms with Crippen LogP contribution in [0.25, 0.3) is 0 Å². The molecule has 0 radical (unpaired) electrons. The molecule has 0 aliphatic heterocycles. The maximum absolute atomic E-state index is 12.2. The second-order valence-corrected chi connectivity index (χ2v) is 5.61. The standard InChI is InChI=1S/C16H28N2O/c1-6-8-9-14(7-2)10-15(19)11-16-12(3)17-18(5)13(16)4/h14H,6-11H2,1-5H3. The summed E-state index contributed by atoms with van der Waals surface area (Å²) < 4.78 is 1.87. The average Bonchev–Trinajstić information content (AvgIpc) is 2.61. The van der Waals surface area contributed by atoms with E-state index in [1.165, 1.54) is 19.3 Å². The molecule has 1 atom stereocenters. The SMILES string of the molecule is CCCCC(CC)CC(=O)Cc1c(C)nn(C)c1C. The third kappa shape index (κ3) is 4.48. The second kappa shape index (κ2) is 7.46. The van der Waals surface area contributed by atoms with Gasteiger partial charge in [0.15, 0.2) is 0 Å². The second-order valence-electron chi connectivity index (χ2n) is 5.61. The zero-order chi connectivity index (χ0) is 14.4. The summed E-state index contributed by atoms with van der Waals surface area (Å²) in [6, 6.07) is 0. The highest BCUT2D eigenvalue weighted by molar-refractivity contribution is 5.81. The molecular formula is C16H28N2O. The van der Waals surface area contributed by atoms with Gasteiger partial charge in [-0.25, -0.2) is 0 Å². The highest BCUT2D eigenvalue weighted by Crippen LogP contribution is 2.20. The lowest BCUT2D eigenvalue weighted by Crippen LogP contribution is -2.11. The number of nitrogens with zero attached hydrogens (tertiary/aromatic N) is 2. The quantitative estimate of drug-likeness (QED) is 0.716. The van der Waals surface area contributed by atoms with Crippen LogP contribution >= 0.6 is 0 Å². The van der Waals surface area contributed by atoms with Crippen LogP contribution in [0.4, 0.5) is 0 Å². The number of hydrogen-bond donors (Lipinski definition) is 0. The predicted octanol–water partition coefficient (Wildman–Crippen LogP) is 3.76. The van der Waals surface area contributed by atoms with Crippen molar-refractivity contribution in [1.82, 2.24) is 9.78 Å². The number of unbranched alkanes of at least 4 members (excludes halogenated alkanes) is 1.